The lowest BCUT2D eigenvalue weighted by atomic mass is 10.1. The second-order valence-electron chi connectivity index (χ2n) is 11.5. The third-order valence-electron chi connectivity index (χ3n) is 8.65. The molecule has 0 amide bonds. The van der Waals surface area contributed by atoms with E-state index >= 15 is 0 Å². The van der Waals surface area contributed by atoms with Gasteiger partial charge in [0.2, 0.25) is 0 Å². The second-order valence-corrected chi connectivity index (χ2v) is 14.1. The molecule has 0 N–H and O–H groups in total. The molecule has 0 saturated carbocycles. The lowest BCUT2D eigenvalue weighted by Crippen LogP contribution is -2.13. The monoisotopic (exact) mass is 658 g/mol. The molecule has 0 atom stereocenters. The minimum Gasteiger partial charge on any atom is -0.309 e. The fourth-order valence-corrected chi connectivity index (χ4v) is 9.20. The molecule has 0 fully saturated rings. The number of hydrogen-bond donors (Lipinski definition) is 0. The molecule has 0 aliphatic carbocycles. The first-order valence-electron chi connectivity index (χ1n) is 15.5. The largest absolute Gasteiger partial charge is 0.309 e. The first-order chi connectivity index (χ1) is 23.2. The van der Waals surface area contributed by atoms with E-state index in [-0.39, 0.29) is 0 Å². The van der Waals surface area contributed by atoms with Gasteiger partial charge in [-0.15, -0.1) is 22.7 Å². The number of benzene rings is 7. The van der Waals surface area contributed by atoms with Crippen molar-refractivity contribution in [1.82, 2.24) is 0 Å². The van der Waals surface area contributed by atoms with Crippen LogP contribution in [0.2, 0.25) is 5.02 Å². The van der Waals surface area contributed by atoms with Crippen molar-refractivity contribution >= 4 is 109 Å². The van der Waals surface area contributed by atoms with Gasteiger partial charge in [-0.05, 0) is 72.8 Å². The van der Waals surface area contributed by atoms with Gasteiger partial charge in [-0.2, -0.15) is 0 Å². The minimum atomic E-state index is 0.717. The van der Waals surface area contributed by atoms with Gasteiger partial charge in [0, 0.05) is 58.7 Å². The number of para-hydroxylation sites is 3. The van der Waals surface area contributed by atoms with Crippen molar-refractivity contribution in [2.75, 3.05) is 9.80 Å². The fraction of sp³-hybridized carbons (Fsp3) is 0. The van der Waals surface area contributed by atoms with Crippen molar-refractivity contribution < 1.29 is 0 Å². The number of rotatable bonds is 6. The van der Waals surface area contributed by atoms with E-state index in [9.17, 15) is 0 Å². The zero-order valence-corrected chi connectivity index (χ0v) is 27.6. The molecule has 9 aromatic rings. The molecule has 7 aromatic carbocycles. The summed E-state index contributed by atoms with van der Waals surface area (Å²) in [5.41, 5.74) is 6.55. The van der Waals surface area contributed by atoms with Crippen molar-refractivity contribution in [3.8, 4) is 0 Å². The molecule has 0 bridgehead atoms. The minimum absolute atomic E-state index is 0.717. The molecule has 0 aliphatic rings. The van der Waals surface area contributed by atoms with Crippen LogP contribution < -0.4 is 9.80 Å². The Morgan fingerprint density at radius 3 is 1.28 bits per heavy atom. The molecule has 0 aliphatic heterocycles. The Bertz CT molecular complexity index is 2500. The number of halogens is 1. The predicted molar refractivity (Wildman–Crippen MR) is 207 cm³/mol. The molecule has 0 saturated heterocycles. The van der Waals surface area contributed by atoms with Crippen LogP contribution in [0.5, 0.6) is 0 Å². The van der Waals surface area contributed by atoms with Crippen LogP contribution in [0.1, 0.15) is 0 Å². The van der Waals surface area contributed by atoms with Crippen LogP contribution in [-0.4, -0.2) is 0 Å². The van der Waals surface area contributed by atoms with Gasteiger partial charge < -0.3 is 9.80 Å². The standard InChI is InChI=1S/C42H27ClN2S2/c43-28-24-35-33-20-10-12-22-39(33)46-41(35)37(25-28)45(31-18-8-3-9-19-31)32-26-36-34-21-11-13-23-40(34)47-42(36)38(27-32)44(29-14-4-1-5-15-29)30-16-6-2-7-17-30/h1-27H. The van der Waals surface area contributed by atoms with Crippen LogP contribution in [0.15, 0.2) is 164 Å². The van der Waals surface area contributed by atoms with Crippen molar-refractivity contribution in [1.29, 1.82) is 0 Å². The average molecular weight is 659 g/mol. The normalized spacial score (nSPS) is 11.5. The van der Waals surface area contributed by atoms with Crippen LogP contribution in [0.3, 0.4) is 0 Å². The molecule has 2 aromatic heterocycles. The Kier molecular flexibility index (Phi) is 6.93. The summed E-state index contributed by atoms with van der Waals surface area (Å²) in [7, 11) is 0. The summed E-state index contributed by atoms with van der Waals surface area (Å²) in [5.74, 6) is 0. The highest BCUT2D eigenvalue weighted by Gasteiger charge is 2.24. The Hall–Kier alpha value is -5.13. The first kappa shape index (κ1) is 28.1. The highest BCUT2D eigenvalue weighted by Crippen LogP contribution is 2.51. The highest BCUT2D eigenvalue weighted by molar-refractivity contribution is 7.27. The quantitative estimate of drug-likeness (QED) is 0.175. The average Bonchev–Trinajstić information content (AvgIpc) is 3.69. The van der Waals surface area contributed by atoms with E-state index in [1.54, 1.807) is 0 Å². The molecule has 9 rings (SSSR count). The molecule has 224 valence electrons. The Balaban J connectivity index is 1.40. The topological polar surface area (TPSA) is 6.48 Å². The number of thiophene rings is 2. The molecular weight excluding hydrogens is 632 g/mol. The van der Waals surface area contributed by atoms with Crippen LogP contribution in [-0.2, 0) is 0 Å². The van der Waals surface area contributed by atoms with Gasteiger partial charge in [0.05, 0.1) is 20.8 Å². The Morgan fingerprint density at radius 1 is 0.362 bits per heavy atom. The zero-order valence-electron chi connectivity index (χ0n) is 25.2. The summed E-state index contributed by atoms with van der Waals surface area (Å²) < 4.78 is 4.97. The number of anilines is 6. The van der Waals surface area contributed by atoms with Crippen molar-refractivity contribution in [3.05, 3.63) is 169 Å². The molecule has 0 spiro atoms. The van der Waals surface area contributed by atoms with Gasteiger partial charge in [0.1, 0.15) is 0 Å². The number of nitrogens with zero attached hydrogens (tertiary/aromatic N) is 2. The first-order valence-corrected chi connectivity index (χ1v) is 17.6. The van der Waals surface area contributed by atoms with Gasteiger partial charge in [0.15, 0.2) is 0 Å². The lowest BCUT2D eigenvalue weighted by Gasteiger charge is -2.30. The zero-order chi connectivity index (χ0) is 31.3. The molecule has 2 nitrogen and oxygen atoms in total. The van der Waals surface area contributed by atoms with Crippen LogP contribution in [0, 0.1) is 0 Å². The van der Waals surface area contributed by atoms with E-state index in [2.05, 4.69) is 174 Å². The van der Waals surface area contributed by atoms with Crippen molar-refractivity contribution in [2.24, 2.45) is 0 Å². The third-order valence-corrected chi connectivity index (χ3v) is 11.3. The van der Waals surface area contributed by atoms with E-state index in [1.807, 2.05) is 22.7 Å². The lowest BCUT2D eigenvalue weighted by molar-refractivity contribution is 1.27. The van der Waals surface area contributed by atoms with E-state index in [4.69, 9.17) is 11.6 Å². The maximum atomic E-state index is 6.97. The summed E-state index contributed by atoms with van der Waals surface area (Å²) in [6.45, 7) is 0. The van der Waals surface area contributed by atoms with E-state index in [0.29, 0.717) is 0 Å². The Morgan fingerprint density at radius 2 is 0.766 bits per heavy atom. The molecule has 0 unspecified atom stereocenters. The van der Waals surface area contributed by atoms with Gasteiger partial charge in [0.25, 0.3) is 0 Å². The summed E-state index contributed by atoms with van der Waals surface area (Å²) in [4.78, 5) is 4.77. The molecular formula is C42H27ClN2S2. The van der Waals surface area contributed by atoms with E-state index < -0.39 is 0 Å². The van der Waals surface area contributed by atoms with Gasteiger partial charge >= 0.3 is 0 Å². The molecule has 2 heterocycles. The van der Waals surface area contributed by atoms with Crippen LogP contribution in [0.25, 0.3) is 40.3 Å². The predicted octanol–water partition coefficient (Wildman–Crippen LogP) is 14.0. The highest BCUT2D eigenvalue weighted by atomic mass is 35.5. The van der Waals surface area contributed by atoms with E-state index in [0.717, 1.165) is 39.1 Å². The fourth-order valence-electron chi connectivity index (χ4n) is 6.62. The number of fused-ring (bicyclic) bond motifs is 6. The maximum Gasteiger partial charge on any atom is 0.0661 e. The summed E-state index contributed by atoms with van der Waals surface area (Å²) in [6, 6.07) is 58.3. The van der Waals surface area contributed by atoms with Gasteiger partial charge in [-0.1, -0.05) is 103 Å². The maximum absolute atomic E-state index is 6.97. The molecule has 0 radical (unpaired) electrons. The molecule has 47 heavy (non-hydrogen) atoms. The van der Waals surface area contributed by atoms with Crippen LogP contribution in [0.4, 0.5) is 34.1 Å². The Labute approximate surface area is 285 Å². The second kappa shape index (κ2) is 11.6. The third kappa shape index (κ3) is 4.85. The van der Waals surface area contributed by atoms with Gasteiger partial charge in [-0.3, -0.25) is 0 Å². The van der Waals surface area contributed by atoms with Crippen LogP contribution >= 0.6 is 34.3 Å². The van der Waals surface area contributed by atoms with Gasteiger partial charge in [-0.25, -0.2) is 0 Å². The number of hydrogen-bond acceptors (Lipinski definition) is 4. The SMILES string of the molecule is Clc1cc(N(c2ccccc2)c2cc(N(c3ccccc3)c3ccccc3)c3sc4ccccc4c3c2)c2sc3ccccc3c2c1. The molecule has 5 heteroatoms. The smallest absolute Gasteiger partial charge is 0.0661 e. The van der Waals surface area contributed by atoms with Crippen molar-refractivity contribution in [3.63, 3.8) is 0 Å². The van der Waals surface area contributed by atoms with Crippen molar-refractivity contribution in [2.45, 2.75) is 0 Å². The summed E-state index contributed by atoms with van der Waals surface area (Å²) >= 11 is 10.6. The van der Waals surface area contributed by atoms with E-state index in [1.165, 1.54) is 40.3 Å². The summed E-state index contributed by atoms with van der Waals surface area (Å²) in [5, 5.41) is 5.60. The summed E-state index contributed by atoms with van der Waals surface area (Å²) in [6.07, 6.45) is 0.